The van der Waals surface area contributed by atoms with Crippen molar-refractivity contribution in [1.29, 1.82) is 0 Å². The third-order valence-electron chi connectivity index (χ3n) is 3.32. The Bertz CT molecular complexity index is 951. The number of hydrogen-bond donors (Lipinski definition) is 2. The number of rotatable bonds is 4. The summed E-state index contributed by atoms with van der Waals surface area (Å²) in [6.45, 7) is 1.22. The van der Waals surface area contributed by atoms with Gasteiger partial charge in [-0.1, -0.05) is 0 Å². The van der Waals surface area contributed by atoms with Crippen molar-refractivity contribution in [1.82, 2.24) is 0 Å². The fourth-order valence-corrected chi connectivity index (χ4v) is 3.19. The minimum absolute atomic E-state index is 0.111. The number of benzene rings is 2. The monoisotopic (exact) mass is 426 g/mol. The summed E-state index contributed by atoms with van der Waals surface area (Å²) in [4.78, 5) is 10.5. The third kappa shape index (κ3) is 5.38. The quantitative estimate of drug-likeness (QED) is 0.708. The number of carbonyl (C=O) groups is 1. The predicted octanol–water partition coefficient (Wildman–Crippen LogP) is 4.48. The smallest absolute Gasteiger partial charge is 0.326 e. The summed E-state index contributed by atoms with van der Waals surface area (Å²) >= 11 is 0. The van der Waals surface area contributed by atoms with Gasteiger partial charge in [0.2, 0.25) is 5.91 Å². The molecule has 0 aliphatic carbocycles. The Hall–Kier alpha value is -2.76. The van der Waals surface area contributed by atoms with Crippen LogP contribution in [0.5, 0.6) is 0 Å². The molecule has 12 heteroatoms. The van der Waals surface area contributed by atoms with Crippen LogP contribution in [0.3, 0.4) is 0 Å². The topological polar surface area (TPSA) is 75.3 Å². The summed E-state index contributed by atoms with van der Waals surface area (Å²) in [6.07, 6.45) is -10.2. The molecule has 2 rings (SSSR count). The van der Waals surface area contributed by atoms with E-state index in [-0.39, 0.29) is 23.9 Å². The average molecular weight is 426 g/mol. The largest absolute Gasteiger partial charge is 0.416 e. The third-order valence-corrected chi connectivity index (χ3v) is 4.72. The van der Waals surface area contributed by atoms with Gasteiger partial charge in [-0.05, 0) is 42.5 Å². The van der Waals surface area contributed by atoms with Crippen LogP contribution in [0.1, 0.15) is 18.1 Å². The van der Waals surface area contributed by atoms with Crippen LogP contribution in [-0.4, -0.2) is 14.3 Å². The van der Waals surface area contributed by atoms with Crippen LogP contribution in [-0.2, 0) is 27.2 Å². The summed E-state index contributed by atoms with van der Waals surface area (Å²) in [7, 11) is -4.48. The van der Waals surface area contributed by atoms with Gasteiger partial charge in [-0.2, -0.15) is 26.3 Å². The van der Waals surface area contributed by atoms with Gasteiger partial charge in [0.15, 0.2) is 0 Å². The van der Waals surface area contributed by atoms with Gasteiger partial charge >= 0.3 is 12.4 Å². The zero-order chi connectivity index (χ0) is 21.3. The summed E-state index contributed by atoms with van der Waals surface area (Å²) in [5.41, 5.74) is -3.94. The molecule has 28 heavy (non-hydrogen) atoms. The van der Waals surface area contributed by atoms with Gasteiger partial charge in [-0.15, -0.1) is 0 Å². The van der Waals surface area contributed by atoms with E-state index in [0.717, 1.165) is 12.1 Å². The summed E-state index contributed by atoms with van der Waals surface area (Å²) < 4.78 is 103. The highest BCUT2D eigenvalue weighted by Gasteiger charge is 2.37. The van der Waals surface area contributed by atoms with Crippen molar-refractivity contribution in [3.05, 3.63) is 53.6 Å². The summed E-state index contributed by atoms with van der Waals surface area (Å²) in [5, 5.41) is 2.38. The number of anilines is 2. The van der Waals surface area contributed by atoms with Crippen molar-refractivity contribution < 1.29 is 39.6 Å². The van der Waals surface area contributed by atoms with Crippen LogP contribution < -0.4 is 10.0 Å². The Labute approximate surface area is 155 Å². The van der Waals surface area contributed by atoms with Crippen molar-refractivity contribution in [2.45, 2.75) is 24.2 Å². The lowest BCUT2D eigenvalue weighted by Gasteiger charge is -2.15. The molecule has 2 aromatic carbocycles. The van der Waals surface area contributed by atoms with E-state index < -0.39 is 50.0 Å². The molecule has 0 saturated heterocycles. The molecular weight excluding hydrogens is 414 g/mol. The minimum Gasteiger partial charge on any atom is -0.326 e. The Kier molecular flexibility index (Phi) is 5.64. The van der Waals surface area contributed by atoms with Crippen molar-refractivity contribution in [3.8, 4) is 0 Å². The molecule has 1 amide bonds. The van der Waals surface area contributed by atoms with Crippen LogP contribution in [0.15, 0.2) is 47.4 Å². The first-order valence-corrected chi connectivity index (χ1v) is 8.87. The van der Waals surface area contributed by atoms with E-state index in [4.69, 9.17) is 0 Å². The van der Waals surface area contributed by atoms with Crippen molar-refractivity contribution in [2.24, 2.45) is 0 Å². The second kappa shape index (κ2) is 7.34. The fraction of sp³-hybridized carbons (Fsp3) is 0.188. The average Bonchev–Trinajstić information content (AvgIpc) is 2.52. The number of hydrogen-bond acceptors (Lipinski definition) is 3. The number of amides is 1. The Morgan fingerprint density at radius 1 is 0.821 bits per heavy atom. The molecule has 0 aliphatic rings. The Morgan fingerprint density at radius 3 is 1.68 bits per heavy atom. The standard InChI is InChI=1S/C16H12F6N2O3S/c1-9(25)23-12-2-4-14(5-3-12)28(26,27)24-13-7-10(15(17,18)19)6-11(8-13)16(20,21)22/h2-8,24H,1H3,(H,23,25). The molecule has 2 aromatic rings. The molecule has 5 nitrogen and oxygen atoms in total. The summed E-state index contributed by atoms with van der Waals surface area (Å²) in [5.74, 6) is -0.419. The molecule has 0 aromatic heterocycles. The van der Waals surface area contributed by atoms with Crippen molar-refractivity contribution >= 4 is 27.3 Å². The van der Waals surface area contributed by atoms with E-state index in [1.54, 1.807) is 4.72 Å². The van der Waals surface area contributed by atoms with Crippen LogP contribution in [0.2, 0.25) is 0 Å². The molecule has 152 valence electrons. The van der Waals surface area contributed by atoms with E-state index in [1.165, 1.54) is 19.1 Å². The highest BCUT2D eigenvalue weighted by Crippen LogP contribution is 2.38. The molecule has 0 bridgehead atoms. The maximum Gasteiger partial charge on any atom is 0.416 e. The number of alkyl halides is 6. The zero-order valence-electron chi connectivity index (χ0n) is 13.9. The molecule has 2 N–H and O–H groups in total. The first-order valence-electron chi connectivity index (χ1n) is 7.38. The lowest BCUT2D eigenvalue weighted by atomic mass is 10.1. The van der Waals surface area contributed by atoms with Crippen LogP contribution in [0.25, 0.3) is 0 Å². The maximum atomic E-state index is 12.9. The molecule has 0 saturated carbocycles. The second-order valence-electron chi connectivity index (χ2n) is 5.61. The van der Waals surface area contributed by atoms with Gasteiger partial charge in [-0.25, -0.2) is 8.42 Å². The van der Waals surface area contributed by atoms with Gasteiger partial charge in [0.1, 0.15) is 0 Å². The molecule has 0 heterocycles. The normalized spacial score (nSPS) is 12.5. The highest BCUT2D eigenvalue weighted by molar-refractivity contribution is 7.92. The van der Waals surface area contributed by atoms with Crippen LogP contribution in [0.4, 0.5) is 37.7 Å². The number of carbonyl (C=O) groups excluding carboxylic acids is 1. The molecule has 0 atom stereocenters. The zero-order valence-corrected chi connectivity index (χ0v) is 14.8. The minimum atomic E-state index is -5.11. The van der Waals surface area contributed by atoms with E-state index >= 15 is 0 Å². The molecule has 0 spiro atoms. The molecule has 0 unspecified atom stereocenters. The summed E-state index contributed by atoms with van der Waals surface area (Å²) in [6, 6.07) is 4.90. The van der Waals surface area contributed by atoms with Gasteiger partial charge in [0, 0.05) is 12.6 Å². The molecular formula is C16H12F6N2O3S. The predicted molar refractivity (Wildman–Crippen MR) is 88.0 cm³/mol. The van der Waals surface area contributed by atoms with Crippen molar-refractivity contribution in [2.75, 3.05) is 10.0 Å². The van der Waals surface area contributed by atoms with Crippen molar-refractivity contribution in [3.63, 3.8) is 0 Å². The van der Waals surface area contributed by atoms with Crippen LogP contribution in [0, 0.1) is 0 Å². The van der Waals surface area contributed by atoms with E-state index in [1.807, 2.05) is 0 Å². The van der Waals surface area contributed by atoms with E-state index in [9.17, 15) is 39.6 Å². The maximum absolute atomic E-state index is 12.9. The van der Waals surface area contributed by atoms with Gasteiger partial charge < -0.3 is 5.32 Å². The number of halogens is 6. The number of sulfonamides is 1. The highest BCUT2D eigenvalue weighted by atomic mass is 32.2. The Morgan fingerprint density at radius 2 is 1.29 bits per heavy atom. The SMILES string of the molecule is CC(=O)Nc1ccc(S(=O)(=O)Nc2cc(C(F)(F)F)cc(C(F)(F)F)c2)cc1. The fourth-order valence-electron chi connectivity index (χ4n) is 2.15. The lowest BCUT2D eigenvalue weighted by molar-refractivity contribution is -0.143. The van der Waals surface area contributed by atoms with E-state index in [0.29, 0.717) is 0 Å². The van der Waals surface area contributed by atoms with Crippen LogP contribution >= 0.6 is 0 Å². The lowest BCUT2D eigenvalue weighted by Crippen LogP contribution is -2.16. The van der Waals surface area contributed by atoms with Gasteiger partial charge in [0.25, 0.3) is 10.0 Å². The molecule has 0 radical (unpaired) electrons. The molecule has 0 fully saturated rings. The van der Waals surface area contributed by atoms with Gasteiger partial charge in [-0.3, -0.25) is 9.52 Å². The van der Waals surface area contributed by atoms with Gasteiger partial charge in [0.05, 0.1) is 21.7 Å². The van der Waals surface area contributed by atoms with E-state index in [2.05, 4.69) is 5.32 Å². The molecule has 0 aliphatic heterocycles. The Balaban J connectivity index is 2.41. The first kappa shape index (κ1) is 21.5. The number of nitrogens with one attached hydrogen (secondary N) is 2. The first-order chi connectivity index (χ1) is 12.7. The second-order valence-corrected chi connectivity index (χ2v) is 7.29.